The van der Waals surface area contributed by atoms with Crippen LogP contribution in [0.5, 0.6) is 0 Å². The molecule has 122 valence electrons. The molecule has 5 heteroatoms. The normalized spacial score (nSPS) is 12.0. The molecule has 1 atom stereocenters. The highest BCUT2D eigenvalue weighted by Gasteiger charge is 2.17. The fourth-order valence-corrected chi connectivity index (χ4v) is 2.39. The van der Waals surface area contributed by atoms with Crippen LogP contribution in [0.2, 0.25) is 0 Å². The van der Waals surface area contributed by atoms with Gasteiger partial charge in [0.2, 0.25) is 5.91 Å². The van der Waals surface area contributed by atoms with Crippen LogP contribution in [0.15, 0.2) is 24.3 Å². The molecule has 0 radical (unpaired) electrons. The zero-order chi connectivity index (χ0) is 17.1. The van der Waals surface area contributed by atoms with Crippen molar-refractivity contribution in [1.29, 1.82) is 0 Å². The van der Waals surface area contributed by atoms with E-state index < -0.39 is 0 Å². The first-order valence-electron chi connectivity index (χ1n) is 7.72. The summed E-state index contributed by atoms with van der Waals surface area (Å²) in [4.78, 5) is 23.8. The van der Waals surface area contributed by atoms with Gasteiger partial charge in [0.1, 0.15) is 0 Å². The number of hydrogen-bond donors (Lipinski definition) is 1. The Kier molecular flexibility index (Phi) is 4.98. The number of amides is 1. The Hall–Kier alpha value is -2.43. The SMILES string of the molecule is CC(=O)c1cccc(NC(=O)C(C)Cn2nc(C)c(C)c2C)c1. The Labute approximate surface area is 136 Å². The Morgan fingerprint density at radius 3 is 2.52 bits per heavy atom. The van der Waals surface area contributed by atoms with Gasteiger partial charge >= 0.3 is 0 Å². The van der Waals surface area contributed by atoms with E-state index in [9.17, 15) is 9.59 Å². The highest BCUT2D eigenvalue weighted by molar-refractivity contribution is 5.97. The van der Waals surface area contributed by atoms with Crippen LogP contribution in [0.1, 0.15) is 41.2 Å². The highest BCUT2D eigenvalue weighted by atomic mass is 16.2. The number of nitrogens with zero attached hydrogens (tertiary/aromatic N) is 2. The molecule has 2 aromatic rings. The lowest BCUT2D eigenvalue weighted by atomic mass is 10.1. The molecule has 0 bridgehead atoms. The molecule has 1 N–H and O–H groups in total. The molecule has 2 rings (SSSR count). The van der Waals surface area contributed by atoms with E-state index in [2.05, 4.69) is 10.4 Å². The third kappa shape index (κ3) is 3.86. The third-order valence-electron chi connectivity index (χ3n) is 4.17. The molecular formula is C18H23N3O2. The van der Waals surface area contributed by atoms with E-state index in [1.807, 2.05) is 32.4 Å². The number of benzene rings is 1. The molecule has 0 saturated heterocycles. The lowest BCUT2D eigenvalue weighted by molar-refractivity contribution is -0.119. The minimum atomic E-state index is -0.228. The molecule has 5 nitrogen and oxygen atoms in total. The second-order valence-corrected chi connectivity index (χ2v) is 6.01. The Balaban J connectivity index is 2.06. The first-order valence-corrected chi connectivity index (χ1v) is 7.72. The number of ketones is 1. The molecule has 0 aliphatic rings. The average molecular weight is 313 g/mol. The summed E-state index contributed by atoms with van der Waals surface area (Å²) in [6.07, 6.45) is 0. The van der Waals surface area contributed by atoms with Crippen LogP contribution in [0, 0.1) is 26.7 Å². The van der Waals surface area contributed by atoms with Gasteiger partial charge in [-0.25, -0.2) is 0 Å². The van der Waals surface area contributed by atoms with E-state index >= 15 is 0 Å². The van der Waals surface area contributed by atoms with Crippen LogP contribution in [-0.2, 0) is 11.3 Å². The van der Waals surface area contributed by atoms with Gasteiger partial charge in [-0.2, -0.15) is 5.10 Å². The molecule has 1 aromatic heterocycles. The van der Waals surface area contributed by atoms with Crippen molar-refractivity contribution >= 4 is 17.4 Å². The van der Waals surface area contributed by atoms with Gasteiger partial charge in [0.15, 0.2) is 5.78 Å². The van der Waals surface area contributed by atoms with Gasteiger partial charge in [0.05, 0.1) is 18.2 Å². The summed E-state index contributed by atoms with van der Waals surface area (Å²) in [5.74, 6) is -0.337. The summed E-state index contributed by atoms with van der Waals surface area (Å²) in [5.41, 5.74) is 4.46. The number of aryl methyl sites for hydroxylation is 1. The van der Waals surface area contributed by atoms with Gasteiger partial charge in [0, 0.05) is 16.9 Å². The molecule has 0 aliphatic heterocycles. The summed E-state index contributed by atoms with van der Waals surface area (Å²) in [6.45, 7) is 9.92. The molecule has 1 heterocycles. The van der Waals surface area contributed by atoms with Crippen LogP contribution >= 0.6 is 0 Å². The lowest BCUT2D eigenvalue weighted by Gasteiger charge is -2.14. The number of rotatable bonds is 5. The molecule has 0 aliphatic carbocycles. The molecule has 0 fully saturated rings. The maximum Gasteiger partial charge on any atom is 0.229 e. The van der Waals surface area contributed by atoms with Crippen LogP contribution in [0.25, 0.3) is 0 Å². The Morgan fingerprint density at radius 2 is 1.96 bits per heavy atom. The van der Waals surface area contributed by atoms with Crippen molar-refractivity contribution in [3.63, 3.8) is 0 Å². The predicted octanol–water partition coefficient (Wildman–Crippen LogP) is 3.29. The standard InChI is InChI=1S/C18H23N3O2/c1-11(10-21-14(4)12(2)13(3)20-21)18(23)19-17-8-6-7-16(9-17)15(5)22/h6-9,11H,10H2,1-5H3,(H,19,23). The number of Topliss-reactive ketones (excluding diaryl/α,β-unsaturated/α-hetero) is 1. The van der Waals surface area contributed by atoms with Gasteiger partial charge < -0.3 is 5.32 Å². The van der Waals surface area contributed by atoms with E-state index in [4.69, 9.17) is 0 Å². The molecular weight excluding hydrogens is 290 g/mol. The largest absolute Gasteiger partial charge is 0.326 e. The number of nitrogens with one attached hydrogen (secondary N) is 1. The fourth-order valence-electron chi connectivity index (χ4n) is 2.39. The maximum atomic E-state index is 12.4. The van der Waals surface area contributed by atoms with Gasteiger partial charge in [0.25, 0.3) is 0 Å². The average Bonchev–Trinajstić information content (AvgIpc) is 2.74. The summed E-state index contributed by atoms with van der Waals surface area (Å²) < 4.78 is 1.88. The monoisotopic (exact) mass is 313 g/mol. The van der Waals surface area contributed by atoms with Crippen molar-refractivity contribution < 1.29 is 9.59 Å². The minimum absolute atomic E-state index is 0.0211. The number of aromatic nitrogens is 2. The van der Waals surface area contributed by atoms with E-state index in [0.29, 0.717) is 17.8 Å². The van der Waals surface area contributed by atoms with Crippen LogP contribution < -0.4 is 5.32 Å². The zero-order valence-corrected chi connectivity index (χ0v) is 14.3. The highest BCUT2D eigenvalue weighted by Crippen LogP contribution is 2.15. The van der Waals surface area contributed by atoms with Crippen LogP contribution in [0.3, 0.4) is 0 Å². The summed E-state index contributed by atoms with van der Waals surface area (Å²) in [7, 11) is 0. The second-order valence-electron chi connectivity index (χ2n) is 6.01. The number of hydrogen-bond acceptors (Lipinski definition) is 3. The molecule has 1 unspecified atom stereocenters. The minimum Gasteiger partial charge on any atom is -0.326 e. The van der Waals surface area contributed by atoms with E-state index in [0.717, 1.165) is 17.0 Å². The second kappa shape index (κ2) is 6.77. The quantitative estimate of drug-likeness (QED) is 0.862. The number of anilines is 1. The first-order chi connectivity index (χ1) is 10.8. The van der Waals surface area contributed by atoms with E-state index in [-0.39, 0.29) is 17.6 Å². The van der Waals surface area contributed by atoms with Gasteiger partial charge in [-0.05, 0) is 45.4 Å². The Bertz CT molecular complexity index is 747. The summed E-state index contributed by atoms with van der Waals surface area (Å²) in [5, 5.41) is 7.33. The zero-order valence-electron chi connectivity index (χ0n) is 14.3. The van der Waals surface area contributed by atoms with Gasteiger partial charge in [-0.3, -0.25) is 14.3 Å². The number of carbonyl (C=O) groups excluding carboxylic acids is 2. The third-order valence-corrected chi connectivity index (χ3v) is 4.17. The molecule has 1 aromatic carbocycles. The van der Waals surface area contributed by atoms with Crippen molar-refractivity contribution in [2.45, 2.75) is 41.2 Å². The van der Waals surface area contributed by atoms with Crippen LogP contribution in [-0.4, -0.2) is 21.5 Å². The van der Waals surface area contributed by atoms with E-state index in [1.165, 1.54) is 6.92 Å². The van der Waals surface area contributed by atoms with Crippen molar-refractivity contribution in [3.8, 4) is 0 Å². The van der Waals surface area contributed by atoms with Crippen molar-refractivity contribution in [2.24, 2.45) is 5.92 Å². The molecule has 1 amide bonds. The number of carbonyl (C=O) groups is 2. The smallest absolute Gasteiger partial charge is 0.229 e. The van der Waals surface area contributed by atoms with Crippen molar-refractivity contribution in [2.75, 3.05) is 5.32 Å². The van der Waals surface area contributed by atoms with Gasteiger partial charge in [-0.15, -0.1) is 0 Å². The fraction of sp³-hybridized carbons (Fsp3) is 0.389. The molecule has 0 spiro atoms. The van der Waals surface area contributed by atoms with Crippen molar-refractivity contribution in [3.05, 3.63) is 46.8 Å². The molecule has 0 saturated carbocycles. The predicted molar refractivity (Wildman–Crippen MR) is 90.7 cm³/mol. The maximum absolute atomic E-state index is 12.4. The Morgan fingerprint density at radius 1 is 1.26 bits per heavy atom. The van der Waals surface area contributed by atoms with E-state index in [1.54, 1.807) is 24.3 Å². The first kappa shape index (κ1) is 16.9. The summed E-state index contributed by atoms with van der Waals surface area (Å²) in [6, 6.07) is 6.98. The topological polar surface area (TPSA) is 64.0 Å². The van der Waals surface area contributed by atoms with Gasteiger partial charge in [-0.1, -0.05) is 19.1 Å². The van der Waals surface area contributed by atoms with Crippen LogP contribution in [0.4, 0.5) is 5.69 Å². The van der Waals surface area contributed by atoms with Crippen molar-refractivity contribution in [1.82, 2.24) is 9.78 Å². The lowest BCUT2D eigenvalue weighted by Crippen LogP contribution is -2.25. The molecule has 23 heavy (non-hydrogen) atoms. The summed E-state index contributed by atoms with van der Waals surface area (Å²) >= 11 is 0.